The fourth-order valence-electron chi connectivity index (χ4n) is 1.87. The highest BCUT2D eigenvalue weighted by atomic mass is 79.9. The van der Waals surface area contributed by atoms with Crippen molar-refractivity contribution in [2.45, 2.75) is 6.04 Å². The number of pyridine rings is 1. The highest BCUT2D eigenvalue weighted by Gasteiger charge is 2.16. The molecule has 2 rings (SSSR count). The summed E-state index contributed by atoms with van der Waals surface area (Å²) < 4.78 is 6.11. The fourth-order valence-corrected chi connectivity index (χ4v) is 2.25. The van der Waals surface area contributed by atoms with Crippen LogP contribution in [-0.2, 0) is 0 Å². The molecule has 0 saturated carbocycles. The first-order valence-corrected chi connectivity index (χ1v) is 6.45. The molecule has 0 saturated heterocycles. The third-order valence-corrected chi connectivity index (χ3v) is 3.32. The van der Waals surface area contributed by atoms with Gasteiger partial charge in [0.15, 0.2) is 0 Å². The van der Waals surface area contributed by atoms with E-state index in [9.17, 15) is 0 Å². The van der Waals surface area contributed by atoms with Crippen molar-refractivity contribution < 1.29 is 4.74 Å². The van der Waals surface area contributed by atoms with Crippen LogP contribution in [0.4, 0.5) is 5.69 Å². The monoisotopic (exact) mass is 322 g/mol. The van der Waals surface area contributed by atoms with Crippen molar-refractivity contribution in [1.82, 2.24) is 10.4 Å². The van der Waals surface area contributed by atoms with Gasteiger partial charge in [-0.15, -0.1) is 0 Å². The Labute approximate surface area is 120 Å². The Morgan fingerprint density at radius 2 is 2.11 bits per heavy atom. The molecule has 0 radical (unpaired) electrons. The first-order valence-electron chi connectivity index (χ1n) is 5.65. The van der Waals surface area contributed by atoms with E-state index in [0.29, 0.717) is 11.4 Å². The number of nitrogen functional groups attached to an aromatic ring is 1. The highest BCUT2D eigenvalue weighted by Crippen LogP contribution is 2.29. The van der Waals surface area contributed by atoms with E-state index in [-0.39, 0.29) is 6.04 Å². The topological polar surface area (TPSA) is 86.2 Å². The largest absolute Gasteiger partial charge is 0.495 e. The molecule has 0 aliphatic carbocycles. The number of nitrogens with one attached hydrogen (secondary N) is 1. The van der Waals surface area contributed by atoms with E-state index in [1.54, 1.807) is 19.5 Å². The first kappa shape index (κ1) is 13.8. The van der Waals surface area contributed by atoms with E-state index in [0.717, 1.165) is 15.6 Å². The molecule has 1 heterocycles. The van der Waals surface area contributed by atoms with Crippen molar-refractivity contribution >= 4 is 21.6 Å². The Balaban J connectivity index is 2.46. The van der Waals surface area contributed by atoms with Crippen LogP contribution >= 0.6 is 15.9 Å². The molecule has 100 valence electrons. The molecule has 5 nitrogen and oxygen atoms in total. The maximum atomic E-state index is 6.01. The summed E-state index contributed by atoms with van der Waals surface area (Å²) in [6.07, 6.45) is 3.37. The third-order valence-electron chi connectivity index (χ3n) is 2.83. The summed E-state index contributed by atoms with van der Waals surface area (Å²) in [4.78, 5) is 4.13. The Morgan fingerprint density at radius 1 is 1.32 bits per heavy atom. The van der Waals surface area contributed by atoms with Gasteiger partial charge < -0.3 is 10.5 Å². The molecule has 1 aromatic carbocycles. The standard InChI is InChI=1S/C13H15BrN4O/c1-19-10-4-8(6-17-7-10)13(18-16)11-5-9(14)2-3-12(11)15/h2-7,13,18H,15-16H2,1H3. The number of anilines is 1. The lowest BCUT2D eigenvalue weighted by molar-refractivity contribution is 0.411. The second kappa shape index (κ2) is 6.01. The summed E-state index contributed by atoms with van der Waals surface area (Å²) in [5.41, 5.74) is 11.2. The van der Waals surface area contributed by atoms with Gasteiger partial charge in [-0.2, -0.15) is 0 Å². The van der Waals surface area contributed by atoms with E-state index in [1.807, 2.05) is 24.3 Å². The van der Waals surface area contributed by atoms with Gasteiger partial charge in [0.2, 0.25) is 0 Å². The number of methoxy groups -OCH3 is 1. The molecule has 1 aromatic heterocycles. The van der Waals surface area contributed by atoms with Gasteiger partial charge in [-0.05, 0) is 35.4 Å². The molecule has 2 aromatic rings. The predicted molar refractivity (Wildman–Crippen MR) is 78.5 cm³/mol. The molecule has 0 fully saturated rings. The van der Waals surface area contributed by atoms with Gasteiger partial charge in [0.1, 0.15) is 5.75 Å². The fraction of sp³-hybridized carbons (Fsp3) is 0.154. The Bertz CT molecular complexity index is 576. The Hall–Kier alpha value is -1.63. The minimum Gasteiger partial charge on any atom is -0.495 e. The van der Waals surface area contributed by atoms with Crippen molar-refractivity contribution in [1.29, 1.82) is 0 Å². The molecule has 1 unspecified atom stereocenters. The minimum atomic E-state index is -0.250. The van der Waals surface area contributed by atoms with Gasteiger partial charge >= 0.3 is 0 Å². The van der Waals surface area contributed by atoms with Crippen LogP contribution in [0.15, 0.2) is 41.1 Å². The van der Waals surface area contributed by atoms with Crippen molar-refractivity contribution in [3.05, 3.63) is 52.3 Å². The number of hydrogen-bond donors (Lipinski definition) is 3. The van der Waals surface area contributed by atoms with Gasteiger partial charge in [0.05, 0.1) is 19.3 Å². The van der Waals surface area contributed by atoms with E-state index in [2.05, 4.69) is 26.3 Å². The molecule has 0 amide bonds. The maximum absolute atomic E-state index is 6.01. The SMILES string of the molecule is COc1cncc(C(NN)c2cc(Br)ccc2N)c1. The van der Waals surface area contributed by atoms with Gasteiger partial charge in [-0.3, -0.25) is 10.8 Å². The smallest absolute Gasteiger partial charge is 0.137 e. The number of halogens is 1. The second-order valence-corrected chi connectivity index (χ2v) is 4.95. The second-order valence-electron chi connectivity index (χ2n) is 4.03. The van der Waals surface area contributed by atoms with Crippen molar-refractivity contribution in [3.63, 3.8) is 0 Å². The summed E-state index contributed by atoms with van der Waals surface area (Å²) in [7, 11) is 1.60. The van der Waals surface area contributed by atoms with Crippen LogP contribution in [-0.4, -0.2) is 12.1 Å². The summed E-state index contributed by atoms with van der Waals surface area (Å²) in [5.74, 6) is 6.33. The van der Waals surface area contributed by atoms with Crippen molar-refractivity contribution in [2.24, 2.45) is 5.84 Å². The van der Waals surface area contributed by atoms with Crippen LogP contribution in [0.1, 0.15) is 17.2 Å². The number of hydrogen-bond acceptors (Lipinski definition) is 5. The van der Waals surface area contributed by atoms with Gasteiger partial charge in [-0.25, -0.2) is 5.43 Å². The number of nitrogens with zero attached hydrogens (tertiary/aromatic N) is 1. The summed E-state index contributed by atoms with van der Waals surface area (Å²) in [6.45, 7) is 0. The zero-order chi connectivity index (χ0) is 13.8. The van der Waals surface area contributed by atoms with Crippen LogP contribution in [0.3, 0.4) is 0 Å². The lowest BCUT2D eigenvalue weighted by atomic mass is 9.99. The van der Waals surface area contributed by atoms with Gasteiger partial charge in [-0.1, -0.05) is 15.9 Å². The van der Waals surface area contributed by atoms with Crippen LogP contribution in [0.2, 0.25) is 0 Å². The van der Waals surface area contributed by atoms with Crippen molar-refractivity contribution in [2.75, 3.05) is 12.8 Å². The molecule has 0 aliphatic rings. The molecule has 19 heavy (non-hydrogen) atoms. The number of rotatable bonds is 4. The van der Waals surface area contributed by atoms with Crippen molar-refractivity contribution in [3.8, 4) is 5.75 Å². The molecule has 5 N–H and O–H groups in total. The molecule has 0 aliphatic heterocycles. The minimum absolute atomic E-state index is 0.250. The predicted octanol–water partition coefficient (Wildman–Crippen LogP) is 1.99. The Morgan fingerprint density at radius 3 is 2.79 bits per heavy atom. The number of hydrazine groups is 1. The van der Waals surface area contributed by atoms with Gasteiger partial charge in [0, 0.05) is 16.4 Å². The normalized spacial score (nSPS) is 12.2. The van der Waals surface area contributed by atoms with E-state index in [1.165, 1.54) is 0 Å². The Kier molecular flexibility index (Phi) is 4.36. The lowest BCUT2D eigenvalue weighted by Crippen LogP contribution is -2.29. The lowest BCUT2D eigenvalue weighted by Gasteiger charge is -2.19. The number of ether oxygens (including phenoxy) is 1. The molecule has 0 spiro atoms. The van der Waals surface area contributed by atoms with Gasteiger partial charge in [0.25, 0.3) is 0 Å². The number of aromatic nitrogens is 1. The summed E-state index contributed by atoms with van der Waals surface area (Å²) in [5, 5.41) is 0. The summed E-state index contributed by atoms with van der Waals surface area (Å²) >= 11 is 3.43. The quantitative estimate of drug-likeness (QED) is 0.455. The average molecular weight is 323 g/mol. The zero-order valence-corrected chi connectivity index (χ0v) is 12.0. The van der Waals surface area contributed by atoms with E-state index < -0.39 is 0 Å². The zero-order valence-electron chi connectivity index (χ0n) is 10.4. The summed E-state index contributed by atoms with van der Waals surface area (Å²) in [6, 6.07) is 7.27. The third kappa shape index (κ3) is 3.04. The highest BCUT2D eigenvalue weighted by molar-refractivity contribution is 9.10. The van der Waals surface area contributed by atoms with Crippen LogP contribution < -0.4 is 21.7 Å². The number of nitrogens with two attached hydrogens (primary N) is 2. The molecule has 0 bridgehead atoms. The first-order chi connectivity index (χ1) is 9.15. The number of benzene rings is 1. The molecule has 6 heteroatoms. The van der Waals surface area contributed by atoms with E-state index in [4.69, 9.17) is 16.3 Å². The van der Waals surface area contributed by atoms with E-state index >= 15 is 0 Å². The van der Waals surface area contributed by atoms with Crippen LogP contribution in [0.25, 0.3) is 0 Å². The van der Waals surface area contributed by atoms with Crippen LogP contribution in [0.5, 0.6) is 5.75 Å². The molecular formula is C13H15BrN4O. The molecular weight excluding hydrogens is 308 g/mol. The average Bonchev–Trinajstić information content (AvgIpc) is 2.44. The van der Waals surface area contributed by atoms with Crippen LogP contribution in [0, 0.1) is 0 Å². The maximum Gasteiger partial charge on any atom is 0.137 e. The molecule has 1 atom stereocenters.